The molecule has 3 unspecified atom stereocenters. The maximum Gasteiger partial charge on any atom is 0.407 e. The normalized spacial score (nSPS) is 50.5. The predicted octanol–water partition coefficient (Wildman–Crippen LogP) is 5.87. The predicted molar refractivity (Wildman–Crippen MR) is 153 cm³/mol. The highest BCUT2D eigenvalue weighted by Gasteiger charge is 2.84. The van der Waals surface area contributed by atoms with Gasteiger partial charge in [-0.3, -0.25) is 0 Å². The molecule has 0 bridgehead atoms. The third-order valence-corrected chi connectivity index (χ3v) is 14.6. The molecule has 2 N–H and O–H groups in total. The van der Waals surface area contributed by atoms with E-state index in [1.165, 1.54) is 38.5 Å². The van der Waals surface area contributed by atoms with E-state index in [9.17, 15) is 9.90 Å². The Labute approximate surface area is 237 Å². The lowest BCUT2D eigenvalue weighted by molar-refractivity contribution is -0.183. The number of amides is 1. The minimum atomic E-state index is -0.407. The minimum Gasteiger partial charge on any atom is -0.446 e. The quantitative estimate of drug-likeness (QED) is 0.420. The van der Waals surface area contributed by atoms with Crippen LogP contribution in [0.5, 0.6) is 0 Å². The van der Waals surface area contributed by atoms with Gasteiger partial charge in [0.1, 0.15) is 6.10 Å². The average molecular weight is 545 g/mol. The first-order valence-corrected chi connectivity index (χ1v) is 16.3. The molecular formula is C33H56N2O4. The smallest absolute Gasteiger partial charge is 0.407 e. The molecule has 1 saturated heterocycles. The Hall–Kier alpha value is -0.850. The largest absolute Gasteiger partial charge is 0.446 e. The zero-order chi connectivity index (χ0) is 28.0. The van der Waals surface area contributed by atoms with Crippen molar-refractivity contribution in [2.75, 3.05) is 33.3 Å². The van der Waals surface area contributed by atoms with E-state index in [-0.39, 0.29) is 34.5 Å². The van der Waals surface area contributed by atoms with E-state index in [1.54, 1.807) is 0 Å². The summed E-state index contributed by atoms with van der Waals surface area (Å²) in [5, 5.41) is 15.1. The van der Waals surface area contributed by atoms with Crippen molar-refractivity contribution in [1.29, 1.82) is 0 Å². The van der Waals surface area contributed by atoms with E-state index < -0.39 is 6.10 Å². The lowest BCUT2D eigenvalue weighted by atomic mass is 9.41. The summed E-state index contributed by atoms with van der Waals surface area (Å²) < 4.78 is 12.3. The van der Waals surface area contributed by atoms with Crippen LogP contribution in [0.25, 0.3) is 0 Å². The molecule has 0 aromatic rings. The van der Waals surface area contributed by atoms with E-state index in [0.717, 1.165) is 38.9 Å². The van der Waals surface area contributed by atoms with Crippen LogP contribution in [0, 0.1) is 50.7 Å². The Morgan fingerprint density at radius 2 is 1.74 bits per heavy atom. The molecule has 6 fully saturated rings. The summed E-state index contributed by atoms with van der Waals surface area (Å²) in [5.74, 6) is 2.06. The molecule has 1 heterocycles. The average Bonchev–Trinajstić information content (AvgIpc) is 3.50. The molecular weight excluding hydrogens is 488 g/mol. The van der Waals surface area contributed by atoms with Crippen LogP contribution < -0.4 is 5.32 Å². The Balaban J connectivity index is 1.21. The van der Waals surface area contributed by atoms with Crippen molar-refractivity contribution in [2.45, 2.75) is 118 Å². The number of rotatable bonds is 7. The van der Waals surface area contributed by atoms with Crippen molar-refractivity contribution < 1.29 is 19.4 Å². The molecule has 6 nitrogen and oxygen atoms in total. The van der Waals surface area contributed by atoms with Crippen LogP contribution in [0.15, 0.2) is 0 Å². The van der Waals surface area contributed by atoms with Crippen molar-refractivity contribution in [3.63, 3.8) is 0 Å². The number of hydrogen-bond donors (Lipinski definition) is 2. The number of aliphatic hydroxyl groups excluding tert-OH is 1. The molecule has 11 atom stereocenters. The topological polar surface area (TPSA) is 71.0 Å². The molecule has 5 aliphatic carbocycles. The number of carbonyl (C=O) groups is 1. The van der Waals surface area contributed by atoms with Gasteiger partial charge < -0.3 is 24.8 Å². The summed E-state index contributed by atoms with van der Waals surface area (Å²) >= 11 is 0. The number of carbonyl (C=O) groups excluding carboxylic acids is 1. The van der Waals surface area contributed by atoms with Gasteiger partial charge in [-0.25, -0.2) is 4.79 Å². The Kier molecular flexibility index (Phi) is 6.76. The van der Waals surface area contributed by atoms with Crippen molar-refractivity contribution in [1.82, 2.24) is 10.2 Å². The van der Waals surface area contributed by atoms with Gasteiger partial charge >= 0.3 is 6.09 Å². The lowest BCUT2D eigenvalue weighted by Gasteiger charge is -2.63. The summed E-state index contributed by atoms with van der Waals surface area (Å²) in [5.41, 5.74) is 0.608. The first-order chi connectivity index (χ1) is 18.4. The van der Waals surface area contributed by atoms with Gasteiger partial charge in [0.2, 0.25) is 0 Å². The zero-order valence-corrected chi connectivity index (χ0v) is 25.9. The Morgan fingerprint density at radius 3 is 2.38 bits per heavy atom. The summed E-state index contributed by atoms with van der Waals surface area (Å²) in [7, 11) is 1.82. The van der Waals surface area contributed by atoms with Crippen molar-refractivity contribution in [3.05, 3.63) is 0 Å². The SMILES string of the molecule is CC[C@@H](C)[C@H]1C(OC)[C@H](O)[C@@]2(C)C3CC[C@H]4C(C)(C)[C@@H](OC(=O)NCCN5CCC5)CC[C@@]45CC35CC[C@]12C. The molecule has 6 aliphatic rings. The number of nitrogens with zero attached hydrogens (tertiary/aromatic N) is 1. The standard InChI is InChI=1S/C33H56N2O4/c1-8-21(2)25-26(38-7)27(36)31(6)23-11-10-22-29(3,4)24(39-28(37)34-16-19-35-17-9-18-35)12-13-32(22)20-33(23,32)15-14-30(25,31)5/h21-27,36H,8-20H2,1-7H3,(H,34,37)/t21-,22+,23?,24+,25+,26?,27+,30-,31-,32-,33?/m1/s1. The molecule has 2 spiro atoms. The highest BCUT2D eigenvalue weighted by Crippen LogP contribution is 2.89. The van der Waals surface area contributed by atoms with Gasteiger partial charge in [0.05, 0.1) is 12.2 Å². The maximum absolute atomic E-state index is 12.8. The molecule has 39 heavy (non-hydrogen) atoms. The number of likely N-dealkylation sites (tertiary alicyclic amines) is 1. The van der Waals surface area contributed by atoms with Gasteiger partial charge in [-0.05, 0) is 104 Å². The number of methoxy groups -OCH3 is 1. The number of nitrogens with one attached hydrogen (secondary N) is 1. The zero-order valence-electron chi connectivity index (χ0n) is 25.9. The second kappa shape index (κ2) is 9.33. The first kappa shape index (κ1) is 28.3. The highest BCUT2D eigenvalue weighted by atomic mass is 16.6. The fraction of sp³-hybridized carbons (Fsp3) is 0.970. The van der Waals surface area contributed by atoms with Crippen LogP contribution >= 0.6 is 0 Å². The summed E-state index contributed by atoms with van der Waals surface area (Å²) in [4.78, 5) is 15.2. The fourth-order valence-corrected chi connectivity index (χ4v) is 12.2. The van der Waals surface area contributed by atoms with Gasteiger partial charge in [-0.15, -0.1) is 0 Å². The van der Waals surface area contributed by atoms with Gasteiger partial charge in [-0.2, -0.15) is 0 Å². The van der Waals surface area contributed by atoms with Gasteiger partial charge in [0.25, 0.3) is 0 Å². The second-order valence-electron chi connectivity index (χ2n) is 15.8. The number of fused-ring (bicyclic) bond motifs is 2. The van der Waals surface area contributed by atoms with Crippen molar-refractivity contribution in [3.8, 4) is 0 Å². The second-order valence-corrected chi connectivity index (χ2v) is 15.8. The molecule has 5 saturated carbocycles. The van der Waals surface area contributed by atoms with Gasteiger partial charge in [0, 0.05) is 31.0 Å². The summed E-state index contributed by atoms with van der Waals surface area (Å²) in [6.07, 6.45) is 9.93. The third-order valence-electron chi connectivity index (χ3n) is 14.6. The highest BCUT2D eigenvalue weighted by molar-refractivity contribution is 5.67. The van der Waals surface area contributed by atoms with Gasteiger partial charge in [0.15, 0.2) is 0 Å². The summed E-state index contributed by atoms with van der Waals surface area (Å²) in [6, 6.07) is 0. The monoisotopic (exact) mass is 544 g/mol. The molecule has 1 aliphatic heterocycles. The van der Waals surface area contributed by atoms with Crippen LogP contribution in [-0.2, 0) is 9.47 Å². The Bertz CT molecular complexity index is 967. The van der Waals surface area contributed by atoms with Crippen LogP contribution in [0.4, 0.5) is 4.79 Å². The van der Waals surface area contributed by atoms with Crippen LogP contribution in [0.2, 0.25) is 0 Å². The number of alkyl carbamates (subject to hydrolysis) is 1. The molecule has 1 amide bonds. The van der Waals surface area contributed by atoms with E-state index in [1.807, 2.05) is 7.11 Å². The fourth-order valence-electron chi connectivity index (χ4n) is 12.2. The van der Waals surface area contributed by atoms with Crippen molar-refractivity contribution >= 4 is 6.09 Å². The van der Waals surface area contributed by atoms with E-state index >= 15 is 0 Å². The molecule has 222 valence electrons. The molecule has 0 aromatic heterocycles. The number of aliphatic hydroxyl groups is 1. The molecule has 6 heteroatoms. The molecule has 0 aromatic carbocycles. The van der Waals surface area contributed by atoms with E-state index in [2.05, 4.69) is 51.8 Å². The minimum absolute atomic E-state index is 0.0273. The van der Waals surface area contributed by atoms with Crippen LogP contribution in [0.1, 0.15) is 99.3 Å². The van der Waals surface area contributed by atoms with E-state index in [0.29, 0.717) is 41.0 Å². The third kappa shape index (κ3) is 3.59. The summed E-state index contributed by atoms with van der Waals surface area (Å²) in [6.45, 7) is 18.3. The maximum atomic E-state index is 12.8. The van der Waals surface area contributed by atoms with Crippen molar-refractivity contribution in [2.24, 2.45) is 50.7 Å². The number of hydrogen-bond acceptors (Lipinski definition) is 5. The molecule has 6 rings (SSSR count). The lowest BCUT2D eigenvalue weighted by Crippen LogP contribution is -2.60. The van der Waals surface area contributed by atoms with Gasteiger partial charge in [-0.1, -0.05) is 48.0 Å². The van der Waals surface area contributed by atoms with E-state index in [4.69, 9.17) is 9.47 Å². The van der Waals surface area contributed by atoms with Crippen LogP contribution in [0.3, 0.4) is 0 Å². The van der Waals surface area contributed by atoms with Crippen LogP contribution in [-0.4, -0.2) is 67.7 Å². The molecule has 0 radical (unpaired) electrons. The Morgan fingerprint density at radius 1 is 1.05 bits per heavy atom. The first-order valence-electron chi connectivity index (χ1n) is 16.3. The number of ether oxygens (including phenoxy) is 2.